The summed E-state index contributed by atoms with van der Waals surface area (Å²) >= 11 is 0. The van der Waals surface area contributed by atoms with E-state index in [0.717, 1.165) is 4.90 Å². The van der Waals surface area contributed by atoms with E-state index in [9.17, 15) is 19.2 Å². The fraction of sp³-hybridized carbons (Fsp3) is 0.438. The number of anilines is 1. The molecule has 3 heterocycles. The van der Waals surface area contributed by atoms with Crippen molar-refractivity contribution < 1.29 is 19.2 Å². The van der Waals surface area contributed by atoms with Crippen molar-refractivity contribution in [1.82, 2.24) is 15.2 Å². The largest absolute Gasteiger partial charge is 0.363 e. The third-order valence-electron chi connectivity index (χ3n) is 4.57. The van der Waals surface area contributed by atoms with Crippen LogP contribution >= 0.6 is 0 Å². The molecule has 0 aromatic carbocycles. The summed E-state index contributed by atoms with van der Waals surface area (Å²) in [5, 5.41) is 2.21. The molecule has 24 heavy (non-hydrogen) atoms. The topological polar surface area (TPSA) is 99.7 Å². The average molecular weight is 330 g/mol. The number of pyridine rings is 1. The van der Waals surface area contributed by atoms with Crippen LogP contribution in [0.3, 0.4) is 0 Å². The van der Waals surface area contributed by atoms with E-state index in [1.807, 2.05) is 0 Å². The van der Waals surface area contributed by atoms with Gasteiger partial charge in [-0.1, -0.05) is 0 Å². The number of aromatic nitrogens is 1. The van der Waals surface area contributed by atoms with Crippen molar-refractivity contribution in [3.05, 3.63) is 22.9 Å². The second-order valence-electron chi connectivity index (χ2n) is 6.48. The average Bonchev–Trinajstić information content (AvgIpc) is 2.76. The Hall–Kier alpha value is -2.77. The van der Waals surface area contributed by atoms with Crippen LogP contribution in [0.5, 0.6) is 0 Å². The molecule has 2 aliphatic heterocycles. The van der Waals surface area contributed by atoms with Gasteiger partial charge in [0.2, 0.25) is 5.91 Å². The summed E-state index contributed by atoms with van der Waals surface area (Å²) in [6.07, 6.45) is 0.186. The molecule has 1 atom stereocenters. The van der Waals surface area contributed by atoms with Crippen LogP contribution in [0.4, 0.5) is 5.82 Å². The zero-order valence-electron chi connectivity index (χ0n) is 14.0. The molecule has 4 amide bonds. The molecule has 0 saturated carbocycles. The highest BCUT2D eigenvalue weighted by atomic mass is 16.2. The van der Waals surface area contributed by atoms with E-state index < -0.39 is 29.2 Å². The van der Waals surface area contributed by atoms with E-state index >= 15 is 0 Å². The highest BCUT2D eigenvalue weighted by Crippen LogP contribution is 2.36. The molecule has 8 nitrogen and oxygen atoms in total. The maximum Gasteiger partial charge on any atom is 0.264 e. The molecule has 0 spiro atoms. The van der Waals surface area contributed by atoms with E-state index in [-0.39, 0.29) is 24.0 Å². The van der Waals surface area contributed by atoms with Gasteiger partial charge in [-0.25, -0.2) is 4.98 Å². The quantitative estimate of drug-likeness (QED) is 0.780. The summed E-state index contributed by atoms with van der Waals surface area (Å²) in [6, 6.07) is 1.55. The smallest absolute Gasteiger partial charge is 0.264 e. The fourth-order valence-electron chi connectivity index (χ4n) is 3.10. The van der Waals surface area contributed by atoms with Crippen molar-refractivity contribution >= 4 is 29.4 Å². The Balaban J connectivity index is 2.09. The second-order valence-corrected chi connectivity index (χ2v) is 6.48. The first-order chi connectivity index (χ1) is 11.2. The lowest BCUT2D eigenvalue weighted by Crippen LogP contribution is -2.62. The molecule has 1 N–H and O–H groups in total. The Morgan fingerprint density at radius 1 is 1.21 bits per heavy atom. The second kappa shape index (κ2) is 5.12. The molecule has 1 unspecified atom stereocenters. The van der Waals surface area contributed by atoms with Crippen LogP contribution in [0.25, 0.3) is 0 Å². The van der Waals surface area contributed by atoms with Crippen molar-refractivity contribution in [2.45, 2.75) is 32.2 Å². The van der Waals surface area contributed by atoms with Gasteiger partial charge in [0, 0.05) is 20.5 Å². The molecule has 1 fully saturated rings. The Bertz CT molecular complexity index is 802. The normalized spacial score (nSPS) is 23.4. The molecule has 126 valence electrons. The molecule has 1 aromatic heterocycles. The van der Waals surface area contributed by atoms with Gasteiger partial charge in [0.1, 0.15) is 11.4 Å². The van der Waals surface area contributed by atoms with Crippen LogP contribution in [-0.4, -0.2) is 53.1 Å². The maximum absolute atomic E-state index is 12.9. The van der Waals surface area contributed by atoms with Crippen LogP contribution in [0.1, 0.15) is 46.2 Å². The SMILES string of the molecule is Cc1nc(N(C)C)cc2c1C(=O)N(C1(C)CCC(=O)NC1=O)C2=O. The number of imide groups is 2. The number of piperidine rings is 1. The van der Waals surface area contributed by atoms with E-state index in [1.165, 1.54) is 6.92 Å². The lowest BCUT2D eigenvalue weighted by Gasteiger charge is -2.38. The molecule has 2 aliphatic rings. The van der Waals surface area contributed by atoms with Gasteiger partial charge in [0.25, 0.3) is 17.7 Å². The first-order valence-electron chi connectivity index (χ1n) is 7.59. The number of hydrogen-bond acceptors (Lipinski definition) is 6. The summed E-state index contributed by atoms with van der Waals surface area (Å²) in [7, 11) is 3.57. The first kappa shape index (κ1) is 16.1. The molecular formula is C16H18N4O4. The molecule has 0 bridgehead atoms. The molecule has 8 heteroatoms. The number of carbonyl (C=O) groups is 4. The van der Waals surface area contributed by atoms with E-state index in [2.05, 4.69) is 10.3 Å². The molecule has 0 radical (unpaired) electrons. The van der Waals surface area contributed by atoms with Crippen LogP contribution < -0.4 is 10.2 Å². The molecule has 0 aliphatic carbocycles. The van der Waals surface area contributed by atoms with Crippen molar-refractivity contribution in [3.63, 3.8) is 0 Å². The summed E-state index contributed by atoms with van der Waals surface area (Å²) in [5.74, 6) is -1.55. The van der Waals surface area contributed by atoms with Crippen molar-refractivity contribution in [2.75, 3.05) is 19.0 Å². The molecule has 3 rings (SSSR count). The highest BCUT2D eigenvalue weighted by molar-refractivity contribution is 6.24. The summed E-state index contributed by atoms with van der Waals surface area (Å²) in [4.78, 5) is 56.4. The van der Waals surface area contributed by atoms with Crippen LogP contribution in [0.15, 0.2) is 6.07 Å². The standard InChI is InChI=1S/C16H18N4O4/c1-8-12-9(7-10(17-8)19(3)4)13(22)20(14(12)23)16(2)6-5-11(21)18-15(16)24/h7H,5-6H2,1-4H3,(H,18,21,24). The van der Waals surface area contributed by atoms with Crippen molar-refractivity contribution in [3.8, 4) is 0 Å². The third-order valence-corrected chi connectivity index (χ3v) is 4.57. The predicted octanol–water partition coefficient (Wildman–Crippen LogP) is 0.247. The van der Waals surface area contributed by atoms with Crippen molar-refractivity contribution in [1.29, 1.82) is 0 Å². The van der Waals surface area contributed by atoms with Gasteiger partial charge in [-0.2, -0.15) is 0 Å². The number of aryl methyl sites for hydroxylation is 1. The predicted molar refractivity (Wildman–Crippen MR) is 84.6 cm³/mol. The minimum Gasteiger partial charge on any atom is -0.363 e. The Kier molecular flexibility index (Phi) is 3.43. The van der Waals surface area contributed by atoms with Gasteiger partial charge in [-0.05, 0) is 26.3 Å². The van der Waals surface area contributed by atoms with Crippen molar-refractivity contribution in [2.24, 2.45) is 0 Å². The number of rotatable bonds is 2. The number of nitrogens with zero attached hydrogens (tertiary/aromatic N) is 3. The van der Waals surface area contributed by atoms with Gasteiger partial charge in [-0.15, -0.1) is 0 Å². The first-order valence-corrected chi connectivity index (χ1v) is 7.59. The number of fused-ring (bicyclic) bond motifs is 1. The zero-order chi connectivity index (χ0) is 17.8. The van der Waals surface area contributed by atoms with Crippen LogP contribution in [0, 0.1) is 6.92 Å². The monoisotopic (exact) mass is 330 g/mol. The Labute approximate surface area is 138 Å². The van der Waals surface area contributed by atoms with Gasteiger partial charge >= 0.3 is 0 Å². The number of hydrogen-bond donors (Lipinski definition) is 1. The number of carbonyl (C=O) groups excluding carboxylic acids is 4. The van der Waals surface area contributed by atoms with Gasteiger partial charge < -0.3 is 4.90 Å². The van der Waals surface area contributed by atoms with Crippen LogP contribution in [-0.2, 0) is 9.59 Å². The summed E-state index contributed by atoms with van der Waals surface area (Å²) in [5.41, 5.74) is -0.488. The Morgan fingerprint density at radius 2 is 1.88 bits per heavy atom. The summed E-state index contributed by atoms with van der Waals surface area (Å²) in [6.45, 7) is 3.17. The lowest BCUT2D eigenvalue weighted by molar-refractivity contribution is -0.140. The third kappa shape index (κ3) is 2.10. The molecule has 1 aromatic rings. The lowest BCUT2D eigenvalue weighted by atomic mass is 9.89. The van der Waals surface area contributed by atoms with Crippen LogP contribution in [0.2, 0.25) is 0 Å². The fourth-order valence-corrected chi connectivity index (χ4v) is 3.10. The highest BCUT2D eigenvalue weighted by Gasteiger charge is 2.53. The van der Waals surface area contributed by atoms with E-state index in [4.69, 9.17) is 0 Å². The number of nitrogens with one attached hydrogen (secondary N) is 1. The van der Waals surface area contributed by atoms with E-state index in [1.54, 1.807) is 32.0 Å². The minimum atomic E-state index is -1.38. The summed E-state index contributed by atoms with van der Waals surface area (Å²) < 4.78 is 0. The maximum atomic E-state index is 12.9. The van der Waals surface area contributed by atoms with Gasteiger partial charge in [0.15, 0.2) is 0 Å². The van der Waals surface area contributed by atoms with Gasteiger partial charge in [-0.3, -0.25) is 29.4 Å². The molecular weight excluding hydrogens is 312 g/mol. The molecule has 1 saturated heterocycles. The van der Waals surface area contributed by atoms with Gasteiger partial charge in [0.05, 0.1) is 16.8 Å². The Morgan fingerprint density at radius 3 is 2.46 bits per heavy atom. The minimum absolute atomic E-state index is 0.0792. The van der Waals surface area contributed by atoms with E-state index in [0.29, 0.717) is 11.5 Å². The number of amides is 4. The zero-order valence-corrected chi connectivity index (χ0v) is 14.0.